The van der Waals surface area contributed by atoms with Gasteiger partial charge in [0, 0.05) is 17.7 Å². The van der Waals surface area contributed by atoms with E-state index in [4.69, 9.17) is 37.9 Å². The van der Waals surface area contributed by atoms with Gasteiger partial charge in [0.05, 0.1) is 50.1 Å². The smallest absolute Gasteiger partial charge is 0.330 e. The maximum atomic E-state index is 13.6. The average Bonchev–Trinajstić information content (AvgIpc) is 3.41. The number of esters is 6. The Hall–Kier alpha value is -7.22. The van der Waals surface area contributed by atoms with Gasteiger partial charge in [0.25, 0.3) is 0 Å². The first-order valence-corrected chi connectivity index (χ1v) is 25.2. The van der Waals surface area contributed by atoms with Gasteiger partial charge < -0.3 is 37.9 Å². The van der Waals surface area contributed by atoms with Crippen molar-refractivity contribution in [1.29, 1.82) is 0 Å². The van der Waals surface area contributed by atoms with Gasteiger partial charge in [0.1, 0.15) is 34.5 Å². The van der Waals surface area contributed by atoms with Crippen molar-refractivity contribution in [2.24, 2.45) is 23.7 Å². The van der Waals surface area contributed by atoms with Gasteiger partial charge in [-0.2, -0.15) is 0 Å². The minimum atomic E-state index is -0.410. The molecule has 382 valence electrons. The zero-order chi connectivity index (χ0) is 50.9. The Kier molecular flexibility index (Phi) is 21.9. The van der Waals surface area contributed by atoms with E-state index in [2.05, 4.69) is 13.2 Å². The van der Waals surface area contributed by atoms with Crippen LogP contribution in [0.2, 0.25) is 0 Å². The van der Waals surface area contributed by atoms with E-state index >= 15 is 0 Å². The second-order valence-electron chi connectivity index (χ2n) is 18.0. The lowest BCUT2D eigenvalue weighted by Crippen LogP contribution is -2.30. The van der Waals surface area contributed by atoms with Gasteiger partial charge in [-0.25, -0.2) is 9.59 Å². The molecule has 2 saturated carbocycles. The van der Waals surface area contributed by atoms with Crippen LogP contribution in [-0.2, 0) is 38.2 Å². The molecule has 0 heterocycles. The third kappa shape index (κ3) is 17.9. The first-order valence-electron chi connectivity index (χ1n) is 25.2. The highest BCUT2D eigenvalue weighted by molar-refractivity contribution is 5.83. The fraction of sp³-hybridized carbons (Fsp3) is 0.414. The van der Waals surface area contributed by atoms with Crippen LogP contribution >= 0.6 is 0 Å². The van der Waals surface area contributed by atoms with Crippen molar-refractivity contribution in [3.63, 3.8) is 0 Å². The molecule has 14 nitrogen and oxygen atoms in total. The molecule has 0 aliphatic heterocycles. The van der Waals surface area contributed by atoms with E-state index in [-0.39, 0.29) is 23.8 Å². The van der Waals surface area contributed by atoms with Crippen LogP contribution in [0.15, 0.2) is 122 Å². The summed E-state index contributed by atoms with van der Waals surface area (Å²) in [4.78, 5) is 75.4. The third-order valence-electron chi connectivity index (χ3n) is 12.8. The fourth-order valence-corrected chi connectivity index (χ4v) is 8.59. The molecule has 0 saturated heterocycles. The summed E-state index contributed by atoms with van der Waals surface area (Å²) in [6.45, 7) is 8.60. The molecular weight excluding hydrogens is 921 g/mol. The number of carbonyl (C=O) groups is 6. The highest BCUT2D eigenvalue weighted by atomic mass is 16.6. The zero-order valence-corrected chi connectivity index (χ0v) is 41.0. The summed E-state index contributed by atoms with van der Waals surface area (Å²) in [5, 5.41) is 0. The van der Waals surface area contributed by atoms with E-state index in [0.717, 1.165) is 69.1 Å². The molecule has 2 aliphatic rings. The predicted octanol–water partition coefficient (Wildman–Crippen LogP) is 11.3. The van der Waals surface area contributed by atoms with Crippen molar-refractivity contribution in [2.75, 3.05) is 26.4 Å². The normalized spacial score (nSPS) is 17.3. The Morgan fingerprint density at radius 2 is 0.750 bits per heavy atom. The van der Waals surface area contributed by atoms with Crippen molar-refractivity contribution >= 4 is 35.8 Å². The van der Waals surface area contributed by atoms with E-state index in [1.807, 2.05) is 30.3 Å². The Balaban J connectivity index is 0.897. The summed E-state index contributed by atoms with van der Waals surface area (Å²) in [6, 6.07) is 28.2. The van der Waals surface area contributed by atoms with Gasteiger partial charge in [-0.15, -0.1) is 0 Å². The Morgan fingerprint density at radius 1 is 0.403 bits per heavy atom. The SMILES string of the molecule is C=CC(=O)OCCCCCCOc1ccc(OC(=O)C2CCC(C(=O)Oc3ccc(OC(=O)C4CCC(C(=O)Oc5ccc(OCCCCCCOC(=O)C=C)cc5)CC4)c(-c4ccccc4)c3)CC2)cc1. The van der Waals surface area contributed by atoms with Gasteiger partial charge in [-0.1, -0.05) is 43.5 Å². The topological polar surface area (TPSA) is 176 Å². The maximum Gasteiger partial charge on any atom is 0.330 e. The van der Waals surface area contributed by atoms with Crippen molar-refractivity contribution in [2.45, 2.75) is 103 Å². The van der Waals surface area contributed by atoms with E-state index in [1.165, 1.54) is 0 Å². The maximum absolute atomic E-state index is 13.6. The van der Waals surface area contributed by atoms with E-state index in [9.17, 15) is 28.8 Å². The summed E-state index contributed by atoms with van der Waals surface area (Å²) in [5.74, 6) is -0.947. The van der Waals surface area contributed by atoms with Crippen molar-refractivity contribution in [3.05, 3.63) is 122 Å². The summed E-state index contributed by atoms with van der Waals surface area (Å²) in [7, 11) is 0. The number of ether oxygens (including phenoxy) is 8. The Morgan fingerprint density at radius 3 is 1.15 bits per heavy atom. The van der Waals surface area contributed by atoms with E-state index < -0.39 is 35.7 Å². The molecule has 4 aromatic rings. The number of rotatable bonds is 27. The minimum Gasteiger partial charge on any atom is -0.494 e. The van der Waals surface area contributed by atoms with Crippen LogP contribution in [0.4, 0.5) is 0 Å². The molecule has 0 atom stereocenters. The number of unbranched alkanes of at least 4 members (excludes halogenated alkanes) is 6. The molecule has 0 N–H and O–H groups in total. The summed E-state index contributed by atoms with van der Waals surface area (Å²) in [6.07, 6.45) is 13.1. The predicted molar refractivity (Wildman–Crippen MR) is 268 cm³/mol. The van der Waals surface area contributed by atoms with Gasteiger partial charge in [-0.3, -0.25) is 19.2 Å². The molecule has 0 bridgehead atoms. The molecule has 0 aromatic heterocycles. The monoisotopic (exact) mass is 986 g/mol. The van der Waals surface area contributed by atoms with Crippen LogP contribution in [0.25, 0.3) is 11.1 Å². The molecule has 14 heteroatoms. The zero-order valence-electron chi connectivity index (χ0n) is 41.0. The van der Waals surface area contributed by atoms with Gasteiger partial charge in [0.2, 0.25) is 0 Å². The Labute approximate surface area is 421 Å². The van der Waals surface area contributed by atoms with Crippen LogP contribution in [0.3, 0.4) is 0 Å². The number of hydrogen-bond acceptors (Lipinski definition) is 14. The Bertz CT molecular complexity index is 2400. The van der Waals surface area contributed by atoms with Crippen molar-refractivity contribution in [3.8, 4) is 45.6 Å². The molecular formula is C58H66O14. The number of hydrogen-bond donors (Lipinski definition) is 0. The van der Waals surface area contributed by atoms with Crippen LogP contribution in [0.5, 0.6) is 34.5 Å². The number of carbonyl (C=O) groups excluding carboxylic acids is 6. The third-order valence-corrected chi connectivity index (χ3v) is 12.8. The van der Waals surface area contributed by atoms with E-state index in [1.54, 1.807) is 66.7 Å². The largest absolute Gasteiger partial charge is 0.494 e. The molecule has 0 amide bonds. The van der Waals surface area contributed by atoms with Gasteiger partial charge in [-0.05, 0) is 175 Å². The second-order valence-corrected chi connectivity index (χ2v) is 18.0. The first-order chi connectivity index (χ1) is 35.1. The lowest BCUT2D eigenvalue weighted by atomic mass is 9.82. The lowest BCUT2D eigenvalue weighted by molar-refractivity contribution is -0.145. The lowest BCUT2D eigenvalue weighted by Gasteiger charge is -2.26. The average molecular weight is 987 g/mol. The standard InChI is InChI=1S/C58H66O14/c1-3-53(59)67-38-14-7-5-12-36-65-46-26-30-48(31-27-46)69-55(61)42-18-20-44(21-19-42)57(63)71-50-34-35-52(51(40-50)41-16-10-9-11-17-41)72-58(64)45-24-22-43(23-25-45)56(62)70-49-32-28-47(29-33-49)66-37-13-6-8-15-39-68-54(60)4-2/h3-4,9-11,16-17,26-35,40,42-45H,1-2,5-8,12-15,18-25,36-39H2. The summed E-state index contributed by atoms with van der Waals surface area (Å²) in [5.41, 5.74) is 1.36. The quantitative estimate of drug-likeness (QED) is 0.0239. The molecule has 0 unspecified atom stereocenters. The second kappa shape index (κ2) is 29.2. The molecule has 4 aromatic carbocycles. The molecule has 0 spiro atoms. The molecule has 72 heavy (non-hydrogen) atoms. The molecule has 2 aliphatic carbocycles. The van der Waals surface area contributed by atoms with Crippen LogP contribution < -0.4 is 28.4 Å². The van der Waals surface area contributed by atoms with Crippen molar-refractivity contribution < 1.29 is 66.7 Å². The molecule has 0 radical (unpaired) electrons. The van der Waals surface area contributed by atoms with Crippen LogP contribution in [-0.4, -0.2) is 62.2 Å². The highest BCUT2D eigenvalue weighted by Crippen LogP contribution is 2.38. The summed E-state index contributed by atoms with van der Waals surface area (Å²) >= 11 is 0. The first kappa shape index (κ1) is 54.1. The molecule has 2 fully saturated rings. The van der Waals surface area contributed by atoms with Gasteiger partial charge in [0.15, 0.2) is 0 Å². The van der Waals surface area contributed by atoms with Crippen molar-refractivity contribution in [1.82, 2.24) is 0 Å². The summed E-state index contributed by atoms with van der Waals surface area (Å²) < 4.78 is 44.9. The highest BCUT2D eigenvalue weighted by Gasteiger charge is 2.34. The molecule has 6 rings (SSSR count). The van der Waals surface area contributed by atoms with Crippen LogP contribution in [0.1, 0.15) is 103 Å². The van der Waals surface area contributed by atoms with Crippen LogP contribution in [0, 0.1) is 23.7 Å². The van der Waals surface area contributed by atoms with E-state index in [0.29, 0.717) is 118 Å². The fourth-order valence-electron chi connectivity index (χ4n) is 8.59. The van der Waals surface area contributed by atoms with Gasteiger partial charge >= 0.3 is 35.8 Å². The minimum absolute atomic E-state index is 0.312. The number of benzene rings is 4.